The van der Waals surface area contributed by atoms with Crippen molar-refractivity contribution in [2.24, 2.45) is 17.0 Å². The summed E-state index contributed by atoms with van der Waals surface area (Å²) < 4.78 is 35.6. The molecule has 0 radical (unpaired) electrons. The van der Waals surface area contributed by atoms with Crippen molar-refractivity contribution >= 4 is 15.9 Å². The van der Waals surface area contributed by atoms with Crippen LogP contribution in [0.1, 0.15) is 23.7 Å². The Morgan fingerprint density at radius 1 is 1.47 bits per heavy atom. The van der Waals surface area contributed by atoms with Crippen LogP contribution in [0.15, 0.2) is 23.1 Å². The second kappa shape index (κ2) is 4.90. The first kappa shape index (κ1) is 14.0. The number of carbonyl (C=O) groups excluding carboxylic acids is 1. The molecular formula is C12H15FN2O3S. The number of amides is 1. The van der Waals surface area contributed by atoms with E-state index in [1.54, 1.807) is 0 Å². The molecule has 104 valence electrons. The maximum Gasteiger partial charge on any atom is 0.251 e. The fraction of sp³-hybridized carbons (Fsp3) is 0.417. The predicted molar refractivity (Wildman–Crippen MR) is 67.4 cm³/mol. The molecule has 0 aromatic heterocycles. The highest BCUT2D eigenvalue weighted by molar-refractivity contribution is 7.89. The number of hydrogen-bond donors (Lipinski definition) is 2. The Balaban J connectivity index is 2.15. The summed E-state index contributed by atoms with van der Waals surface area (Å²) in [5.74, 6) is -0.261. The van der Waals surface area contributed by atoms with Crippen LogP contribution in [0.3, 0.4) is 0 Å². The van der Waals surface area contributed by atoms with Crippen molar-refractivity contribution in [3.63, 3.8) is 0 Å². The van der Waals surface area contributed by atoms with Gasteiger partial charge in [-0.3, -0.25) is 4.79 Å². The lowest BCUT2D eigenvalue weighted by Crippen LogP contribution is -2.26. The second-order valence-corrected chi connectivity index (χ2v) is 6.47. The molecule has 0 saturated heterocycles. The molecule has 1 saturated carbocycles. The molecule has 1 fully saturated rings. The van der Waals surface area contributed by atoms with Gasteiger partial charge in [0.25, 0.3) is 5.91 Å². The minimum atomic E-state index is -4.03. The van der Waals surface area contributed by atoms with Gasteiger partial charge in [0.1, 0.15) is 5.82 Å². The van der Waals surface area contributed by atoms with Gasteiger partial charge in [-0.25, -0.2) is 17.9 Å². The third-order valence-electron chi connectivity index (χ3n) is 3.26. The topological polar surface area (TPSA) is 89.3 Å². The summed E-state index contributed by atoms with van der Waals surface area (Å²) in [5.41, 5.74) is -0.0441. The molecule has 19 heavy (non-hydrogen) atoms. The molecule has 0 spiro atoms. The Morgan fingerprint density at radius 2 is 2.11 bits per heavy atom. The smallest absolute Gasteiger partial charge is 0.251 e. The summed E-state index contributed by atoms with van der Waals surface area (Å²) in [6.07, 6.45) is 1.06. The summed E-state index contributed by atoms with van der Waals surface area (Å²) in [5, 5.41) is 7.57. The molecule has 1 aromatic rings. The predicted octanol–water partition coefficient (Wildman–Crippen LogP) is 0.859. The van der Waals surface area contributed by atoms with E-state index in [9.17, 15) is 17.6 Å². The quantitative estimate of drug-likeness (QED) is 0.860. The Kier molecular flexibility index (Phi) is 3.60. The number of rotatable bonds is 4. The van der Waals surface area contributed by atoms with Gasteiger partial charge in [0.05, 0.1) is 4.90 Å². The molecule has 2 unspecified atom stereocenters. The minimum Gasteiger partial charge on any atom is -0.352 e. The molecule has 1 aromatic carbocycles. The van der Waals surface area contributed by atoms with Gasteiger partial charge in [0, 0.05) is 12.1 Å². The van der Waals surface area contributed by atoms with E-state index in [4.69, 9.17) is 5.14 Å². The molecule has 2 atom stereocenters. The molecule has 7 heteroatoms. The van der Waals surface area contributed by atoms with Crippen molar-refractivity contribution in [2.45, 2.75) is 18.2 Å². The van der Waals surface area contributed by atoms with Crippen LogP contribution in [0.4, 0.5) is 4.39 Å². The minimum absolute atomic E-state index is 0.0441. The van der Waals surface area contributed by atoms with Gasteiger partial charge in [-0.15, -0.1) is 0 Å². The van der Waals surface area contributed by atoms with E-state index in [1.807, 2.05) is 0 Å². The number of halogens is 1. The Labute approximate surface area is 111 Å². The van der Waals surface area contributed by atoms with Crippen molar-refractivity contribution in [1.29, 1.82) is 0 Å². The first-order valence-electron chi connectivity index (χ1n) is 5.89. The van der Waals surface area contributed by atoms with E-state index in [0.717, 1.165) is 24.6 Å². The highest BCUT2D eigenvalue weighted by atomic mass is 32.2. The van der Waals surface area contributed by atoms with E-state index in [0.29, 0.717) is 18.4 Å². The maximum absolute atomic E-state index is 13.3. The van der Waals surface area contributed by atoms with Gasteiger partial charge in [0.2, 0.25) is 10.0 Å². The maximum atomic E-state index is 13.3. The zero-order valence-electron chi connectivity index (χ0n) is 10.4. The van der Waals surface area contributed by atoms with Crippen molar-refractivity contribution < 1.29 is 17.6 Å². The van der Waals surface area contributed by atoms with Gasteiger partial charge in [-0.2, -0.15) is 0 Å². The zero-order valence-corrected chi connectivity index (χ0v) is 11.2. The standard InChI is InChI=1S/C12H15FN2O3S/c1-7-2-9(7)6-15-12(16)8-3-10(13)5-11(4-8)19(14,17)18/h3-5,7,9H,2,6H2,1H3,(H,15,16)(H2,14,17,18). The molecule has 0 aliphatic heterocycles. The molecule has 1 aliphatic carbocycles. The Morgan fingerprint density at radius 3 is 2.63 bits per heavy atom. The number of sulfonamides is 1. The number of benzene rings is 1. The molecule has 0 bridgehead atoms. The van der Waals surface area contributed by atoms with Crippen molar-refractivity contribution in [2.75, 3.05) is 6.54 Å². The lowest BCUT2D eigenvalue weighted by atomic mass is 10.2. The zero-order chi connectivity index (χ0) is 14.2. The summed E-state index contributed by atoms with van der Waals surface area (Å²) in [6.45, 7) is 2.60. The fourth-order valence-corrected chi connectivity index (χ4v) is 2.44. The fourth-order valence-electron chi connectivity index (χ4n) is 1.87. The SMILES string of the molecule is CC1CC1CNC(=O)c1cc(F)cc(S(N)(=O)=O)c1. The van der Waals surface area contributed by atoms with Crippen LogP contribution < -0.4 is 10.5 Å². The summed E-state index contributed by atoms with van der Waals surface area (Å²) in [4.78, 5) is 11.4. The first-order valence-corrected chi connectivity index (χ1v) is 7.43. The van der Waals surface area contributed by atoms with E-state index < -0.39 is 26.6 Å². The van der Waals surface area contributed by atoms with Crippen LogP contribution in [-0.4, -0.2) is 20.9 Å². The van der Waals surface area contributed by atoms with Crippen molar-refractivity contribution in [3.05, 3.63) is 29.6 Å². The summed E-state index contributed by atoms with van der Waals surface area (Å²) in [6, 6.07) is 2.85. The van der Waals surface area contributed by atoms with Crippen molar-refractivity contribution in [1.82, 2.24) is 5.32 Å². The third-order valence-corrected chi connectivity index (χ3v) is 4.16. The van der Waals surface area contributed by atoms with E-state index >= 15 is 0 Å². The van der Waals surface area contributed by atoms with Crippen LogP contribution in [0.5, 0.6) is 0 Å². The first-order chi connectivity index (χ1) is 8.77. The largest absolute Gasteiger partial charge is 0.352 e. The molecule has 0 heterocycles. The summed E-state index contributed by atoms with van der Waals surface area (Å²) in [7, 11) is -4.03. The molecular weight excluding hydrogens is 271 g/mol. The summed E-state index contributed by atoms with van der Waals surface area (Å²) >= 11 is 0. The van der Waals surface area contributed by atoms with Gasteiger partial charge in [0.15, 0.2) is 0 Å². The van der Waals surface area contributed by atoms with Crippen LogP contribution in [-0.2, 0) is 10.0 Å². The van der Waals surface area contributed by atoms with Gasteiger partial charge < -0.3 is 5.32 Å². The monoisotopic (exact) mass is 286 g/mol. The van der Waals surface area contributed by atoms with Crippen LogP contribution in [0, 0.1) is 17.7 Å². The highest BCUT2D eigenvalue weighted by Crippen LogP contribution is 2.36. The van der Waals surface area contributed by atoms with Crippen molar-refractivity contribution in [3.8, 4) is 0 Å². The molecule has 5 nitrogen and oxygen atoms in total. The second-order valence-electron chi connectivity index (χ2n) is 4.90. The molecule has 1 aliphatic rings. The van der Waals surface area contributed by atoms with E-state index in [-0.39, 0.29) is 5.56 Å². The van der Waals surface area contributed by atoms with Crippen LogP contribution in [0.25, 0.3) is 0 Å². The highest BCUT2D eigenvalue weighted by Gasteiger charge is 2.32. The average Bonchev–Trinajstić information content (AvgIpc) is 3.00. The lowest BCUT2D eigenvalue weighted by Gasteiger charge is -2.06. The molecule has 2 rings (SSSR count). The number of hydrogen-bond acceptors (Lipinski definition) is 3. The third kappa shape index (κ3) is 3.51. The molecule has 3 N–H and O–H groups in total. The molecule has 1 amide bonds. The van der Waals surface area contributed by atoms with Gasteiger partial charge >= 0.3 is 0 Å². The van der Waals surface area contributed by atoms with E-state index in [2.05, 4.69) is 12.2 Å². The van der Waals surface area contributed by atoms with Crippen LogP contribution in [0.2, 0.25) is 0 Å². The van der Waals surface area contributed by atoms with Gasteiger partial charge in [-0.1, -0.05) is 6.92 Å². The Hall–Kier alpha value is -1.47. The number of carbonyl (C=O) groups is 1. The van der Waals surface area contributed by atoms with Crippen LogP contribution >= 0.6 is 0 Å². The van der Waals surface area contributed by atoms with Gasteiger partial charge in [-0.05, 0) is 36.5 Å². The number of nitrogens with one attached hydrogen (secondary N) is 1. The Bertz CT molecular complexity index is 615. The number of primary sulfonamides is 1. The lowest BCUT2D eigenvalue weighted by molar-refractivity contribution is 0.0950. The average molecular weight is 286 g/mol. The van der Waals surface area contributed by atoms with E-state index in [1.165, 1.54) is 0 Å². The number of nitrogens with two attached hydrogens (primary N) is 1. The normalized spacial score (nSPS) is 22.1.